The highest BCUT2D eigenvalue weighted by Crippen LogP contribution is 2.41. The van der Waals surface area contributed by atoms with Crippen molar-refractivity contribution < 1.29 is 14.5 Å². The first kappa shape index (κ1) is 20.3. The number of amides is 1. The zero-order valence-corrected chi connectivity index (χ0v) is 17.1. The van der Waals surface area contributed by atoms with Crippen molar-refractivity contribution in [2.24, 2.45) is 0 Å². The van der Waals surface area contributed by atoms with Crippen LogP contribution in [0.25, 0.3) is 0 Å². The van der Waals surface area contributed by atoms with Gasteiger partial charge in [-0.3, -0.25) is 14.9 Å². The van der Waals surface area contributed by atoms with E-state index < -0.39 is 4.92 Å². The number of hydrogen-bond acceptors (Lipinski definition) is 5. The van der Waals surface area contributed by atoms with Crippen molar-refractivity contribution in [3.8, 4) is 5.75 Å². The number of benzene rings is 2. The Balaban J connectivity index is 1.59. The van der Waals surface area contributed by atoms with Crippen LogP contribution in [-0.4, -0.2) is 24.5 Å². The molecular formula is C20H22BrN3O4. The molecule has 0 saturated heterocycles. The standard InChI is InChI=1S/C20H22BrN3O4/c1-28-18-8-7-16(24(26)27)13-17(18)23-19(25)9-12-22-20(10-2-11-20)14-3-5-15(21)6-4-14/h3-8,13,22H,2,9-12H2,1H3,(H,23,25). The minimum Gasteiger partial charge on any atom is -0.495 e. The van der Waals surface area contributed by atoms with E-state index in [0.717, 1.165) is 23.7 Å². The molecule has 7 nitrogen and oxygen atoms in total. The predicted molar refractivity (Wildman–Crippen MR) is 111 cm³/mol. The fourth-order valence-corrected chi connectivity index (χ4v) is 3.67. The average molecular weight is 448 g/mol. The summed E-state index contributed by atoms with van der Waals surface area (Å²) in [5, 5.41) is 17.2. The van der Waals surface area contributed by atoms with Gasteiger partial charge in [0.15, 0.2) is 0 Å². The molecule has 3 rings (SSSR count). The van der Waals surface area contributed by atoms with E-state index in [1.165, 1.54) is 30.9 Å². The Hall–Kier alpha value is -2.45. The number of nitrogens with one attached hydrogen (secondary N) is 2. The summed E-state index contributed by atoms with van der Waals surface area (Å²) in [5.41, 5.74) is 1.35. The largest absolute Gasteiger partial charge is 0.495 e. The van der Waals surface area contributed by atoms with Gasteiger partial charge >= 0.3 is 0 Å². The summed E-state index contributed by atoms with van der Waals surface area (Å²) in [7, 11) is 1.46. The number of nitro benzene ring substituents is 1. The first-order chi connectivity index (χ1) is 13.4. The lowest BCUT2D eigenvalue weighted by molar-refractivity contribution is -0.384. The first-order valence-electron chi connectivity index (χ1n) is 9.07. The number of rotatable bonds is 8. The minimum atomic E-state index is -0.505. The summed E-state index contributed by atoms with van der Waals surface area (Å²) in [6.45, 7) is 0.513. The minimum absolute atomic E-state index is 0.0792. The van der Waals surface area contributed by atoms with E-state index in [9.17, 15) is 14.9 Å². The molecule has 28 heavy (non-hydrogen) atoms. The van der Waals surface area contributed by atoms with Gasteiger partial charge in [-0.15, -0.1) is 0 Å². The lowest BCUT2D eigenvalue weighted by Crippen LogP contribution is -2.48. The normalized spacial score (nSPS) is 14.8. The van der Waals surface area contributed by atoms with Crippen molar-refractivity contribution in [3.05, 3.63) is 62.6 Å². The Bertz CT molecular complexity index is 866. The lowest BCUT2D eigenvalue weighted by Gasteiger charge is -2.43. The SMILES string of the molecule is COc1ccc([N+](=O)[O-])cc1NC(=O)CCNC1(c2ccc(Br)cc2)CCC1. The van der Waals surface area contributed by atoms with E-state index in [0.29, 0.717) is 18.0 Å². The molecule has 1 aliphatic carbocycles. The molecule has 148 valence electrons. The van der Waals surface area contributed by atoms with Crippen molar-refractivity contribution in [2.45, 2.75) is 31.2 Å². The van der Waals surface area contributed by atoms with Crippen molar-refractivity contribution in [3.63, 3.8) is 0 Å². The van der Waals surface area contributed by atoms with Crippen LogP contribution in [0.5, 0.6) is 5.75 Å². The molecule has 0 bridgehead atoms. The van der Waals surface area contributed by atoms with Gasteiger partial charge in [0.1, 0.15) is 5.75 Å². The van der Waals surface area contributed by atoms with E-state index in [2.05, 4.69) is 38.7 Å². The Morgan fingerprint density at radius 3 is 2.54 bits per heavy atom. The first-order valence-corrected chi connectivity index (χ1v) is 9.86. The number of halogens is 1. The van der Waals surface area contributed by atoms with Gasteiger partial charge in [-0.25, -0.2) is 0 Å². The molecular weight excluding hydrogens is 426 g/mol. The van der Waals surface area contributed by atoms with Crippen LogP contribution in [0.4, 0.5) is 11.4 Å². The number of anilines is 1. The third kappa shape index (κ3) is 4.51. The third-order valence-corrected chi connectivity index (χ3v) is 5.62. The molecule has 0 unspecified atom stereocenters. The highest BCUT2D eigenvalue weighted by atomic mass is 79.9. The number of carbonyl (C=O) groups is 1. The maximum Gasteiger partial charge on any atom is 0.271 e. The van der Waals surface area contributed by atoms with Gasteiger partial charge in [0.25, 0.3) is 5.69 Å². The van der Waals surface area contributed by atoms with Gasteiger partial charge in [-0.2, -0.15) is 0 Å². The number of nitrogens with zero attached hydrogens (tertiary/aromatic N) is 1. The van der Waals surface area contributed by atoms with Crippen molar-refractivity contribution in [1.29, 1.82) is 0 Å². The molecule has 0 heterocycles. The van der Waals surface area contributed by atoms with Gasteiger partial charge in [0, 0.05) is 35.1 Å². The van der Waals surface area contributed by atoms with E-state index >= 15 is 0 Å². The van der Waals surface area contributed by atoms with E-state index in [1.807, 2.05) is 12.1 Å². The number of non-ortho nitro benzene ring substituents is 1. The number of ether oxygens (including phenoxy) is 1. The molecule has 8 heteroatoms. The fourth-order valence-electron chi connectivity index (χ4n) is 3.40. The quantitative estimate of drug-likeness (QED) is 0.462. The second kappa shape index (κ2) is 8.70. The maximum atomic E-state index is 12.4. The zero-order chi connectivity index (χ0) is 20.1. The highest BCUT2D eigenvalue weighted by molar-refractivity contribution is 9.10. The summed E-state index contributed by atoms with van der Waals surface area (Å²) in [5.74, 6) is 0.161. The molecule has 0 aromatic heterocycles. The Kier molecular flexibility index (Phi) is 6.31. The van der Waals surface area contributed by atoms with Crippen molar-refractivity contribution in [1.82, 2.24) is 5.32 Å². The summed E-state index contributed by atoms with van der Waals surface area (Å²) >= 11 is 3.46. The van der Waals surface area contributed by atoms with E-state index in [1.54, 1.807) is 0 Å². The molecule has 2 aromatic carbocycles. The number of methoxy groups -OCH3 is 1. The van der Waals surface area contributed by atoms with Crippen LogP contribution in [0, 0.1) is 10.1 Å². The second-order valence-electron chi connectivity index (χ2n) is 6.81. The number of nitro groups is 1. The molecule has 1 saturated carbocycles. The lowest BCUT2D eigenvalue weighted by atomic mass is 9.72. The fraction of sp³-hybridized carbons (Fsp3) is 0.350. The Morgan fingerprint density at radius 2 is 1.96 bits per heavy atom. The van der Waals surface area contributed by atoms with Crippen molar-refractivity contribution in [2.75, 3.05) is 19.0 Å². The molecule has 0 aliphatic heterocycles. The number of carbonyl (C=O) groups excluding carboxylic acids is 1. The average Bonchev–Trinajstić information content (AvgIpc) is 2.64. The van der Waals surface area contributed by atoms with Crippen LogP contribution in [-0.2, 0) is 10.3 Å². The topological polar surface area (TPSA) is 93.5 Å². The van der Waals surface area contributed by atoms with E-state index in [-0.39, 0.29) is 23.6 Å². The van der Waals surface area contributed by atoms with Crippen LogP contribution in [0.2, 0.25) is 0 Å². The van der Waals surface area contributed by atoms with Crippen LogP contribution < -0.4 is 15.4 Å². The van der Waals surface area contributed by atoms with Gasteiger partial charge in [0.05, 0.1) is 17.7 Å². The molecule has 2 aromatic rings. The predicted octanol–water partition coefficient (Wildman–Crippen LogP) is 4.36. The zero-order valence-electron chi connectivity index (χ0n) is 15.5. The van der Waals surface area contributed by atoms with Crippen LogP contribution >= 0.6 is 15.9 Å². The third-order valence-electron chi connectivity index (χ3n) is 5.09. The number of hydrogen-bond donors (Lipinski definition) is 2. The molecule has 1 fully saturated rings. The molecule has 0 spiro atoms. The van der Waals surface area contributed by atoms with Crippen LogP contribution in [0.15, 0.2) is 46.9 Å². The van der Waals surface area contributed by atoms with Crippen LogP contribution in [0.3, 0.4) is 0 Å². The van der Waals surface area contributed by atoms with Gasteiger partial charge in [-0.05, 0) is 43.0 Å². The molecule has 2 N–H and O–H groups in total. The summed E-state index contributed by atoms with van der Waals surface area (Å²) in [6.07, 6.45) is 3.48. The monoisotopic (exact) mass is 447 g/mol. The smallest absolute Gasteiger partial charge is 0.271 e. The Morgan fingerprint density at radius 1 is 1.25 bits per heavy atom. The molecule has 0 radical (unpaired) electrons. The maximum absolute atomic E-state index is 12.4. The van der Waals surface area contributed by atoms with Gasteiger partial charge in [0.2, 0.25) is 5.91 Å². The van der Waals surface area contributed by atoms with Gasteiger partial charge in [-0.1, -0.05) is 28.1 Å². The van der Waals surface area contributed by atoms with Crippen LogP contribution in [0.1, 0.15) is 31.2 Å². The molecule has 0 atom stereocenters. The second-order valence-corrected chi connectivity index (χ2v) is 7.72. The summed E-state index contributed by atoms with van der Waals surface area (Å²) in [4.78, 5) is 22.8. The Labute approximate surface area is 171 Å². The summed E-state index contributed by atoms with van der Waals surface area (Å²) < 4.78 is 6.21. The molecule has 1 aliphatic rings. The van der Waals surface area contributed by atoms with E-state index in [4.69, 9.17) is 4.74 Å². The molecule has 1 amide bonds. The van der Waals surface area contributed by atoms with Gasteiger partial charge < -0.3 is 15.4 Å². The highest BCUT2D eigenvalue weighted by Gasteiger charge is 2.37. The summed E-state index contributed by atoms with van der Waals surface area (Å²) in [6, 6.07) is 12.4. The van der Waals surface area contributed by atoms with Crippen molar-refractivity contribution >= 4 is 33.2 Å².